The number of amides is 1. The van der Waals surface area contributed by atoms with E-state index in [1.165, 1.54) is 27.8 Å². The van der Waals surface area contributed by atoms with Gasteiger partial charge in [0.15, 0.2) is 5.13 Å². The van der Waals surface area contributed by atoms with Crippen molar-refractivity contribution in [1.82, 2.24) is 14.3 Å². The van der Waals surface area contributed by atoms with Crippen LogP contribution in [0.1, 0.15) is 29.7 Å². The van der Waals surface area contributed by atoms with Crippen LogP contribution in [0.25, 0.3) is 10.2 Å². The molecule has 1 atom stereocenters. The molecule has 0 radical (unpaired) electrons. The lowest BCUT2D eigenvalue weighted by atomic mass is 10.1. The summed E-state index contributed by atoms with van der Waals surface area (Å²) in [6.45, 7) is 4.39. The van der Waals surface area contributed by atoms with Crippen LogP contribution in [0, 0.1) is 19.7 Å². The number of pyridine rings is 1. The molecule has 0 aliphatic carbocycles. The van der Waals surface area contributed by atoms with Gasteiger partial charge in [-0.25, -0.2) is 17.8 Å². The van der Waals surface area contributed by atoms with Crippen LogP contribution < -0.4 is 4.90 Å². The molecule has 10 heteroatoms. The Kier molecular flexibility index (Phi) is 6.59. The van der Waals surface area contributed by atoms with Gasteiger partial charge in [0.05, 0.1) is 27.4 Å². The molecule has 186 valence electrons. The molecule has 1 amide bonds. The predicted molar refractivity (Wildman–Crippen MR) is 138 cm³/mol. The van der Waals surface area contributed by atoms with E-state index < -0.39 is 21.9 Å². The van der Waals surface area contributed by atoms with E-state index in [0.717, 1.165) is 33.5 Å². The molecule has 4 aromatic rings. The molecule has 2 aromatic carbocycles. The number of hydrogen-bond donors (Lipinski definition) is 0. The first kappa shape index (κ1) is 24.5. The number of fused-ring (bicyclic) bond motifs is 1. The van der Waals surface area contributed by atoms with Crippen molar-refractivity contribution < 1.29 is 17.6 Å². The van der Waals surface area contributed by atoms with E-state index in [-0.39, 0.29) is 23.9 Å². The van der Waals surface area contributed by atoms with Crippen LogP contribution in [0.3, 0.4) is 0 Å². The Morgan fingerprint density at radius 3 is 2.64 bits per heavy atom. The molecular formula is C26H25FN4O3S2. The van der Waals surface area contributed by atoms with Crippen molar-refractivity contribution in [3.05, 3.63) is 83.4 Å². The Hall–Kier alpha value is -3.21. The molecule has 1 fully saturated rings. The number of aryl methyl sites for hydroxylation is 2. The molecule has 5 rings (SSSR count). The summed E-state index contributed by atoms with van der Waals surface area (Å²) in [6.07, 6.45) is 2.60. The maximum absolute atomic E-state index is 14.0. The molecule has 0 N–H and O–H groups in total. The maximum atomic E-state index is 14.0. The summed E-state index contributed by atoms with van der Waals surface area (Å²) in [5, 5.41) is 0.500. The van der Waals surface area contributed by atoms with E-state index in [0.29, 0.717) is 23.7 Å². The number of thiazole rings is 1. The zero-order chi connectivity index (χ0) is 25.4. The molecule has 1 unspecified atom stereocenters. The lowest BCUT2D eigenvalue weighted by molar-refractivity contribution is -0.121. The van der Waals surface area contributed by atoms with Crippen molar-refractivity contribution in [3.63, 3.8) is 0 Å². The number of aromatic nitrogens is 2. The third kappa shape index (κ3) is 4.52. The van der Waals surface area contributed by atoms with Gasteiger partial charge < -0.3 is 0 Å². The van der Waals surface area contributed by atoms with Gasteiger partial charge >= 0.3 is 0 Å². The first-order chi connectivity index (χ1) is 17.3. The molecule has 0 saturated carbocycles. The van der Waals surface area contributed by atoms with Gasteiger partial charge in [-0.15, -0.1) is 0 Å². The molecule has 1 aliphatic rings. The van der Waals surface area contributed by atoms with Gasteiger partial charge in [-0.05, 0) is 80.3 Å². The molecule has 36 heavy (non-hydrogen) atoms. The summed E-state index contributed by atoms with van der Waals surface area (Å²) in [5.41, 5.74) is 3.65. The zero-order valence-electron chi connectivity index (χ0n) is 19.9. The fourth-order valence-corrected chi connectivity index (χ4v) is 7.10. The largest absolute Gasteiger partial charge is 0.281 e. The number of hydrogen-bond acceptors (Lipinski definition) is 6. The van der Waals surface area contributed by atoms with E-state index >= 15 is 0 Å². The fourth-order valence-electron chi connectivity index (χ4n) is 4.42. The first-order valence-corrected chi connectivity index (χ1v) is 13.9. The smallest absolute Gasteiger partial charge is 0.247 e. The van der Waals surface area contributed by atoms with Crippen molar-refractivity contribution in [2.24, 2.45) is 0 Å². The maximum Gasteiger partial charge on any atom is 0.247 e. The van der Waals surface area contributed by atoms with Crippen LogP contribution in [0.2, 0.25) is 0 Å². The molecule has 1 aliphatic heterocycles. The lowest BCUT2D eigenvalue weighted by Crippen LogP contribution is -2.47. The lowest BCUT2D eigenvalue weighted by Gasteiger charge is -2.28. The zero-order valence-corrected chi connectivity index (χ0v) is 21.5. The van der Waals surface area contributed by atoms with Gasteiger partial charge in [-0.1, -0.05) is 23.5 Å². The number of anilines is 1. The highest BCUT2D eigenvalue weighted by molar-refractivity contribution is 7.89. The highest BCUT2D eigenvalue weighted by Gasteiger charge is 2.42. The van der Waals surface area contributed by atoms with Crippen molar-refractivity contribution in [1.29, 1.82) is 0 Å². The van der Waals surface area contributed by atoms with Crippen LogP contribution in [-0.2, 0) is 21.4 Å². The predicted octanol–water partition coefficient (Wildman–Crippen LogP) is 4.83. The van der Waals surface area contributed by atoms with E-state index in [4.69, 9.17) is 4.98 Å². The van der Waals surface area contributed by atoms with Crippen molar-refractivity contribution in [2.75, 3.05) is 11.4 Å². The SMILES string of the molecule is Cc1ccc2sc(N(Cc3ccccn3)C(=O)C3CCCN3S(=O)(=O)c3ccc(F)cc3)nc2c1C. The summed E-state index contributed by atoms with van der Waals surface area (Å²) in [5.74, 6) is -0.872. The third-order valence-electron chi connectivity index (χ3n) is 6.53. The quantitative estimate of drug-likeness (QED) is 0.361. The van der Waals surface area contributed by atoms with Gasteiger partial charge in [0, 0.05) is 12.7 Å². The Morgan fingerprint density at radius 2 is 1.92 bits per heavy atom. The van der Waals surface area contributed by atoms with E-state index in [9.17, 15) is 17.6 Å². The van der Waals surface area contributed by atoms with Crippen LogP contribution in [-0.4, -0.2) is 41.2 Å². The second-order valence-electron chi connectivity index (χ2n) is 8.82. The second kappa shape index (κ2) is 9.68. The topological polar surface area (TPSA) is 83.5 Å². The van der Waals surface area contributed by atoms with Gasteiger partial charge in [0.2, 0.25) is 15.9 Å². The van der Waals surface area contributed by atoms with E-state index in [1.807, 2.05) is 38.1 Å². The molecule has 3 heterocycles. The number of sulfonamides is 1. The monoisotopic (exact) mass is 524 g/mol. The summed E-state index contributed by atoms with van der Waals surface area (Å²) in [6, 6.07) is 13.3. The summed E-state index contributed by atoms with van der Waals surface area (Å²) in [7, 11) is -3.99. The Morgan fingerprint density at radius 1 is 1.14 bits per heavy atom. The summed E-state index contributed by atoms with van der Waals surface area (Å²) in [4.78, 5) is 24.7. The van der Waals surface area contributed by atoms with E-state index in [2.05, 4.69) is 4.98 Å². The highest BCUT2D eigenvalue weighted by atomic mass is 32.2. The average Bonchev–Trinajstić information content (AvgIpc) is 3.54. The Labute approximate surface area is 213 Å². The standard InChI is InChI=1S/C26H25FN4O3S2/c1-17-8-13-23-24(18(17)2)29-26(35-23)30(16-20-6-3-4-14-28-20)25(32)22-7-5-15-31(22)36(33,34)21-11-9-19(27)10-12-21/h3-4,6,8-14,22H,5,7,15-16H2,1-2H3. The summed E-state index contributed by atoms with van der Waals surface area (Å²) >= 11 is 1.40. The number of carbonyl (C=O) groups is 1. The minimum absolute atomic E-state index is 0.0361. The van der Waals surface area contributed by atoms with Crippen LogP contribution in [0.5, 0.6) is 0 Å². The molecule has 2 aromatic heterocycles. The number of nitrogens with zero attached hydrogens (tertiary/aromatic N) is 4. The fraction of sp³-hybridized carbons (Fsp3) is 0.269. The molecule has 0 bridgehead atoms. The van der Waals surface area contributed by atoms with Crippen molar-refractivity contribution in [3.8, 4) is 0 Å². The van der Waals surface area contributed by atoms with Crippen LogP contribution in [0.4, 0.5) is 9.52 Å². The van der Waals surface area contributed by atoms with Gasteiger partial charge in [-0.3, -0.25) is 14.7 Å². The summed E-state index contributed by atoms with van der Waals surface area (Å²) < 4.78 is 42.4. The normalized spacial score (nSPS) is 16.5. The van der Waals surface area contributed by atoms with Crippen LogP contribution in [0.15, 0.2) is 65.7 Å². The van der Waals surface area contributed by atoms with Crippen molar-refractivity contribution >= 4 is 42.6 Å². The number of benzene rings is 2. The van der Waals surface area contributed by atoms with Gasteiger partial charge in [-0.2, -0.15) is 4.31 Å². The average molecular weight is 525 g/mol. The second-order valence-corrected chi connectivity index (χ2v) is 11.7. The minimum Gasteiger partial charge on any atom is -0.281 e. The highest BCUT2D eigenvalue weighted by Crippen LogP contribution is 2.35. The van der Waals surface area contributed by atoms with Crippen molar-refractivity contribution in [2.45, 2.75) is 44.2 Å². The van der Waals surface area contributed by atoms with Gasteiger partial charge in [0.1, 0.15) is 11.9 Å². The number of halogens is 1. The molecular weight excluding hydrogens is 499 g/mol. The third-order valence-corrected chi connectivity index (χ3v) is 9.49. The van der Waals surface area contributed by atoms with Gasteiger partial charge in [0.25, 0.3) is 0 Å². The molecule has 0 spiro atoms. The molecule has 7 nitrogen and oxygen atoms in total. The first-order valence-electron chi connectivity index (χ1n) is 11.6. The molecule has 1 saturated heterocycles. The minimum atomic E-state index is -3.99. The number of carbonyl (C=O) groups excluding carboxylic acids is 1. The van der Waals surface area contributed by atoms with Crippen LogP contribution >= 0.6 is 11.3 Å². The number of rotatable bonds is 6. The Balaban J connectivity index is 1.54. The van der Waals surface area contributed by atoms with E-state index in [1.54, 1.807) is 17.2 Å². The Bertz CT molecular complexity index is 1520.